The van der Waals surface area contributed by atoms with Crippen molar-refractivity contribution in [3.8, 4) is 11.5 Å². The molecule has 1 aliphatic heterocycles. The van der Waals surface area contributed by atoms with Gasteiger partial charge in [0.25, 0.3) is 5.91 Å². The largest absolute Gasteiger partial charge is 0.495 e. The Labute approximate surface area is 240 Å². The Balaban J connectivity index is 1.51. The molecule has 3 amide bonds. The van der Waals surface area contributed by atoms with Gasteiger partial charge in [0, 0.05) is 30.1 Å². The topological polar surface area (TPSA) is 101 Å². The van der Waals surface area contributed by atoms with Crippen molar-refractivity contribution in [3.63, 3.8) is 0 Å². The highest BCUT2D eigenvalue weighted by Crippen LogP contribution is 2.37. The van der Waals surface area contributed by atoms with Gasteiger partial charge in [-0.15, -0.1) is 0 Å². The molecule has 0 fully saturated rings. The molecular formula is C29H28ClF3N4O4. The number of anilines is 2. The summed E-state index contributed by atoms with van der Waals surface area (Å²) in [4.78, 5) is 29.5. The average Bonchev–Trinajstić information content (AvgIpc) is 2.93. The van der Waals surface area contributed by atoms with Gasteiger partial charge in [0.15, 0.2) is 0 Å². The van der Waals surface area contributed by atoms with Crippen LogP contribution >= 0.6 is 11.6 Å². The van der Waals surface area contributed by atoms with Crippen LogP contribution in [0.4, 0.5) is 29.3 Å². The molecule has 12 heteroatoms. The van der Waals surface area contributed by atoms with E-state index in [2.05, 4.69) is 20.9 Å². The fourth-order valence-corrected chi connectivity index (χ4v) is 4.41. The van der Waals surface area contributed by atoms with Crippen LogP contribution in [0.15, 0.2) is 77.0 Å². The minimum atomic E-state index is -4.55. The Hall–Kier alpha value is -4.25. The second-order valence-electron chi connectivity index (χ2n) is 9.32. The number of allylic oxidation sites excluding steroid dienone is 2. The standard InChI is InChI=1S/C29H28ClF3N4O4/c1-4-11-34-27(38)24-15-25(20-8-5-17(29(31,32)33)13-23(20)36-24)41-19-7-10-22(16(2)12-19)37-28(39)35-18-6-9-21(30)26(14-18)40-3/h5-10,12-15,20,23H,4,11H2,1-3H3,(H,34,38)(H2,35,37,39). The van der Waals surface area contributed by atoms with Gasteiger partial charge in [-0.25, -0.2) is 4.79 Å². The lowest BCUT2D eigenvalue weighted by Crippen LogP contribution is -2.37. The van der Waals surface area contributed by atoms with Gasteiger partial charge in [-0.3, -0.25) is 9.79 Å². The van der Waals surface area contributed by atoms with Crippen LogP contribution in [0.3, 0.4) is 0 Å². The van der Waals surface area contributed by atoms with Crippen LogP contribution in [0.25, 0.3) is 0 Å². The molecule has 8 nitrogen and oxygen atoms in total. The van der Waals surface area contributed by atoms with Crippen LogP contribution in [0, 0.1) is 12.8 Å². The monoisotopic (exact) mass is 588 g/mol. The third-order valence-corrected chi connectivity index (χ3v) is 6.60. The van der Waals surface area contributed by atoms with E-state index in [0.29, 0.717) is 46.4 Å². The second kappa shape index (κ2) is 12.5. The van der Waals surface area contributed by atoms with Crippen LogP contribution in [0.5, 0.6) is 11.5 Å². The van der Waals surface area contributed by atoms with Crippen molar-refractivity contribution < 1.29 is 32.2 Å². The van der Waals surface area contributed by atoms with Crippen LogP contribution in [0.1, 0.15) is 18.9 Å². The lowest BCUT2D eigenvalue weighted by molar-refractivity contribution is -0.114. The molecule has 0 bridgehead atoms. The van der Waals surface area contributed by atoms with E-state index in [1.807, 2.05) is 6.92 Å². The fraction of sp³-hybridized carbons (Fsp3) is 0.276. The summed E-state index contributed by atoms with van der Waals surface area (Å²) in [5.74, 6) is -0.0764. The highest BCUT2D eigenvalue weighted by Gasteiger charge is 2.38. The molecule has 0 aromatic heterocycles. The maximum atomic E-state index is 13.4. The lowest BCUT2D eigenvalue weighted by atomic mass is 9.87. The summed E-state index contributed by atoms with van der Waals surface area (Å²) < 4.78 is 51.4. The van der Waals surface area contributed by atoms with Crippen LogP contribution in [-0.2, 0) is 4.79 Å². The molecule has 2 atom stereocenters. The summed E-state index contributed by atoms with van der Waals surface area (Å²) in [6, 6.07) is 8.27. The van der Waals surface area contributed by atoms with E-state index in [1.54, 1.807) is 43.3 Å². The van der Waals surface area contributed by atoms with Crippen LogP contribution in [0.2, 0.25) is 5.02 Å². The Kier molecular flexibility index (Phi) is 9.07. The first-order valence-electron chi connectivity index (χ1n) is 12.7. The van der Waals surface area contributed by atoms with Gasteiger partial charge in [-0.2, -0.15) is 13.2 Å². The van der Waals surface area contributed by atoms with Crippen molar-refractivity contribution in [1.82, 2.24) is 5.32 Å². The first-order valence-corrected chi connectivity index (χ1v) is 13.1. The molecule has 2 unspecified atom stereocenters. The number of nitrogens with one attached hydrogen (secondary N) is 3. The highest BCUT2D eigenvalue weighted by atomic mass is 35.5. The van der Waals surface area contributed by atoms with Gasteiger partial charge in [0.2, 0.25) is 0 Å². The molecule has 0 spiro atoms. The molecule has 2 aliphatic rings. The smallest absolute Gasteiger partial charge is 0.416 e. The summed E-state index contributed by atoms with van der Waals surface area (Å²) >= 11 is 6.03. The molecule has 0 saturated heterocycles. The molecule has 0 saturated carbocycles. The van der Waals surface area contributed by atoms with Gasteiger partial charge in [0.1, 0.15) is 23.0 Å². The van der Waals surface area contributed by atoms with Crippen molar-refractivity contribution in [2.75, 3.05) is 24.3 Å². The Morgan fingerprint density at radius 1 is 1.12 bits per heavy atom. The summed E-state index contributed by atoms with van der Waals surface area (Å²) in [5, 5.41) is 8.56. The van der Waals surface area contributed by atoms with Crippen molar-refractivity contribution in [2.24, 2.45) is 10.9 Å². The summed E-state index contributed by atoms with van der Waals surface area (Å²) in [5.41, 5.74) is 0.783. The molecule has 2 aromatic carbocycles. The number of carbonyl (C=O) groups excluding carboxylic acids is 2. The van der Waals surface area contributed by atoms with Crippen LogP contribution < -0.4 is 25.4 Å². The third-order valence-electron chi connectivity index (χ3n) is 6.28. The van der Waals surface area contributed by atoms with E-state index in [9.17, 15) is 22.8 Å². The van der Waals surface area contributed by atoms with Crippen LogP contribution in [-0.4, -0.2) is 43.5 Å². The van der Waals surface area contributed by atoms with E-state index in [1.165, 1.54) is 19.3 Å². The second-order valence-corrected chi connectivity index (χ2v) is 9.73. The number of methoxy groups -OCH3 is 1. The van der Waals surface area contributed by atoms with Crippen molar-refractivity contribution in [1.29, 1.82) is 0 Å². The molecule has 1 aliphatic carbocycles. The zero-order valence-electron chi connectivity index (χ0n) is 22.4. The Morgan fingerprint density at radius 2 is 1.90 bits per heavy atom. The maximum Gasteiger partial charge on any atom is 0.416 e. The summed E-state index contributed by atoms with van der Waals surface area (Å²) in [7, 11) is 1.47. The number of hydrogen-bond acceptors (Lipinski definition) is 5. The molecular weight excluding hydrogens is 561 g/mol. The molecule has 2 aromatic rings. The molecule has 4 rings (SSSR count). The molecule has 216 valence electrons. The van der Waals surface area contributed by atoms with Gasteiger partial charge >= 0.3 is 12.2 Å². The zero-order chi connectivity index (χ0) is 29.7. The predicted molar refractivity (Wildman–Crippen MR) is 152 cm³/mol. The molecule has 41 heavy (non-hydrogen) atoms. The quantitative estimate of drug-likeness (QED) is 0.324. The third kappa shape index (κ3) is 7.29. The molecule has 1 heterocycles. The van der Waals surface area contributed by atoms with E-state index in [0.717, 1.165) is 12.2 Å². The number of aliphatic imine (C=N–C) groups is 1. The number of halogens is 4. The first-order chi connectivity index (χ1) is 19.5. The summed E-state index contributed by atoms with van der Waals surface area (Å²) in [6.45, 7) is 4.04. The molecule has 0 radical (unpaired) electrons. The first kappa shape index (κ1) is 29.7. The zero-order valence-corrected chi connectivity index (χ0v) is 23.2. The Bertz CT molecular complexity index is 1470. The lowest BCUT2D eigenvalue weighted by Gasteiger charge is -2.29. The summed E-state index contributed by atoms with van der Waals surface area (Å²) in [6.07, 6.45) is 0.950. The highest BCUT2D eigenvalue weighted by molar-refractivity contribution is 6.43. The van der Waals surface area contributed by atoms with E-state index in [-0.39, 0.29) is 11.5 Å². The van der Waals surface area contributed by atoms with E-state index < -0.39 is 35.6 Å². The van der Waals surface area contributed by atoms with Crippen molar-refractivity contribution in [3.05, 3.63) is 82.6 Å². The minimum Gasteiger partial charge on any atom is -0.495 e. The fourth-order valence-electron chi connectivity index (χ4n) is 4.21. The van der Waals surface area contributed by atoms with Gasteiger partial charge < -0.3 is 25.4 Å². The predicted octanol–water partition coefficient (Wildman–Crippen LogP) is 6.59. The van der Waals surface area contributed by atoms with E-state index >= 15 is 0 Å². The normalized spacial score (nSPS) is 17.9. The number of aryl methyl sites for hydroxylation is 1. The van der Waals surface area contributed by atoms with Gasteiger partial charge in [0.05, 0.1) is 29.7 Å². The molecule has 3 N–H and O–H groups in total. The number of benzene rings is 2. The SMILES string of the molecule is CCCNC(=O)C1=NC2C=C(C(F)(F)F)C=CC2C(Oc2ccc(NC(=O)Nc3ccc(Cl)c(OC)c3)c(C)c2)=C1. The Morgan fingerprint density at radius 3 is 2.59 bits per heavy atom. The average molecular weight is 589 g/mol. The van der Waals surface area contributed by atoms with Crippen molar-refractivity contribution in [2.45, 2.75) is 32.5 Å². The number of rotatable bonds is 8. The minimum absolute atomic E-state index is 0.0201. The number of fused-ring (bicyclic) bond motifs is 1. The number of hydrogen-bond donors (Lipinski definition) is 3. The number of nitrogens with zero attached hydrogens (tertiary/aromatic N) is 1. The maximum absolute atomic E-state index is 13.4. The number of amides is 3. The number of ether oxygens (including phenoxy) is 2. The van der Waals surface area contributed by atoms with Gasteiger partial charge in [-0.05, 0) is 55.3 Å². The van der Waals surface area contributed by atoms with E-state index in [4.69, 9.17) is 21.1 Å². The number of carbonyl (C=O) groups is 2. The van der Waals surface area contributed by atoms with Crippen molar-refractivity contribution >= 4 is 40.6 Å². The number of alkyl halides is 3. The number of dihydropyridines is 1. The number of urea groups is 1. The van der Waals surface area contributed by atoms with Gasteiger partial charge in [-0.1, -0.05) is 30.7 Å².